The van der Waals surface area contributed by atoms with Gasteiger partial charge in [-0.3, -0.25) is 9.13 Å². The van der Waals surface area contributed by atoms with Gasteiger partial charge in [0.2, 0.25) is 0 Å². The number of rotatable bonds is 6. The minimum Gasteiger partial charge on any atom is -0.543 e. The number of benzene rings is 4. The number of nitrogens with zero attached hydrogens (tertiary/aromatic N) is 2. The van der Waals surface area contributed by atoms with E-state index in [0.717, 1.165) is 22.4 Å². The third kappa shape index (κ3) is 8.72. The Bertz CT molecular complexity index is 1760. The summed E-state index contributed by atoms with van der Waals surface area (Å²) in [6.45, 7) is 0.777. The number of fused-ring (bicyclic) bond motifs is 2. The number of nitrogens with one attached hydrogen (secondary N) is 2. The number of oxazole rings is 2. The first kappa shape index (κ1) is 32.0. The summed E-state index contributed by atoms with van der Waals surface area (Å²) < 4.78 is 13.5. The van der Waals surface area contributed by atoms with Gasteiger partial charge in [0.1, 0.15) is 0 Å². The van der Waals surface area contributed by atoms with Crippen molar-refractivity contribution in [3.8, 4) is 0 Å². The first-order chi connectivity index (χ1) is 20.3. The molecular weight excluding hydrogens is 603 g/mol. The maximum atomic E-state index is 11.7. The van der Waals surface area contributed by atoms with Gasteiger partial charge in [-0.05, 0) is 48.5 Å². The summed E-state index contributed by atoms with van der Waals surface area (Å²) in [5.74, 6) is -5.07. The van der Waals surface area contributed by atoms with Gasteiger partial charge in [0.15, 0.2) is 11.2 Å². The summed E-state index contributed by atoms with van der Waals surface area (Å²) in [6, 6.07) is 34.3. The van der Waals surface area contributed by atoms with E-state index in [0.29, 0.717) is 24.5 Å². The van der Waals surface area contributed by atoms with Crippen molar-refractivity contribution < 1.29 is 45.1 Å². The molecule has 0 aliphatic carbocycles. The molecule has 0 unspecified atom stereocenters. The van der Waals surface area contributed by atoms with Crippen molar-refractivity contribution in [3.63, 3.8) is 0 Å². The third-order valence-corrected chi connectivity index (χ3v) is 5.74. The average Bonchev–Trinajstić information content (AvgIpc) is 3.51. The van der Waals surface area contributed by atoms with E-state index in [9.17, 15) is 9.59 Å². The number of carbonyl (C=O) groups excluding carboxylic acids is 2. The van der Waals surface area contributed by atoms with E-state index in [1.165, 1.54) is 0 Å². The Morgan fingerprint density at radius 1 is 0.558 bits per heavy atom. The number of hydrogen-bond acceptors (Lipinski definition) is 10. The van der Waals surface area contributed by atoms with E-state index in [2.05, 4.69) is 10.6 Å². The zero-order valence-electron chi connectivity index (χ0n) is 22.3. The summed E-state index contributed by atoms with van der Waals surface area (Å²) in [5, 5.41) is 24.2. The molecule has 13 heteroatoms. The zero-order valence-corrected chi connectivity index (χ0v) is 23.3. The van der Waals surface area contributed by atoms with Crippen LogP contribution in [0.15, 0.2) is 128 Å². The monoisotopic (exact) mass is 626 g/mol. The fourth-order valence-electron chi connectivity index (χ4n) is 3.78. The zero-order chi connectivity index (χ0) is 29.9. The Hall–Kier alpha value is -5.55. The predicted molar refractivity (Wildman–Crippen MR) is 151 cm³/mol. The van der Waals surface area contributed by atoms with Crippen LogP contribution in [0.2, 0.25) is 0 Å². The molecule has 0 spiro atoms. The number of carboxylic acid groups (broad SMARTS) is 2. The normalized spacial score (nSPS) is 9.95. The third-order valence-electron chi connectivity index (χ3n) is 5.74. The van der Waals surface area contributed by atoms with Gasteiger partial charge in [-0.1, -0.05) is 60.7 Å². The Morgan fingerprint density at radius 3 is 1.23 bits per heavy atom. The predicted octanol–water partition coefficient (Wildman–Crippen LogP) is 1.81. The molecule has 2 aromatic heterocycles. The molecule has 0 bridgehead atoms. The molecule has 6 rings (SSSR count). The van der Waals surface area contributed by atoms with Gasteiger partial charge >= 0.3 is 28.0 Å². The molecule has 0 radical (unpaired) electrons. The minimum atomic E-state index is -2.19. The molecule has 0 saturated heterocycles. The van der Waals surface area contributed by atoms with Crippen LogP contribution >= 0.6 is 0 Å². The standard InChI is InChI=1S/2C14H12N2O2.C2H2O4.Ni/c2*17-14-16(10-15-11-6-2-1-3-7-11)12-8-4-5-9-13(12)18-14;3-1(4)2(5)6;/h2*1-9,15H,10H2;(H,3,4)(H,5,6);/q;;;+2/p-2. The van der Waals surface area contributed by atoms with Gasteiger partial charge in [0, 0.05) is 11.4 Å². The Balaban J connectivity index is 0.000000195. The van der Waals surface area contributed by atoms with Crippen LogP contribution in [-0.2, 0) is 39.4 Å². The number of anilines is 2. The van der Waals surface area contributed by atoms with Gasteiger partial charge < -0.3 is 39.3 Å². The number of hydrogen-bond donors (Lipinski definition) is 2. The van der Waals surface area contributed by atoms with E-state index in [1.54, 1.807) is 21.3 Å². The van der Waals surface area contributed by atoms with Crippen LogP contribution in [0.3, 0.4) is 0 Å². The van der Waals surface area contributed by atoms with E-state index in [-0.39, 0.29) is 28.0 Å². The van der Waals surface area contributed by atoms with E-state index < -0.39 is 11.9 Å². The maximum Gasteiger partial charge on any atom is 2.00 e. The number of carboxylic acids is 2. The van der Waals surface area contributed by atoms with Crippen molar-refractivity contribution in [2.24, 2.45) is 0 Å². The smallest absolute Gasteiger partial charge is 0.543 e. The second kappa shape index (κ2) is 15.5. The van der Waals surface area contributed by atoms with Crippen LogP contribution in [-0.4, -0.2) is 21.1 Å². The van der Waals surface area contributed by atoms with Gasteiger partial charge in [-0.2, -0.15) is 0 Å². The topological polar surface area (TPSA) is 175 Å². The van der Waals surface area contributed by atoms with Gasteiger partial charge in [0.05, 0.1) is 36.3 Å². The van der Waals surface area contributed by atoms with E-state index in [4.69, 9.17) is 28.6 Å². The minimum absolute atomic E-state index is 0. The van der Waals surface area contributed by atoms with Crippen molar-refractivity contribution in [1.82, 2.24) is 9.13 Å². The summed E-state index contributed by atoms with van der Waals surface area (Å²) in [7, 11) is 0. The molecule has 43 heavy (non-hydrogen) atoms. The van der Waals surface area contributed by atoms with Crippen molar-refractivity contribution >= 4 is 45.5 Å². The second-order valence-corrected chi connectivity index (χ2v) is 8.50. The van der Waals surface area contributed by atoms with Crippen molar-refractivity contribution in [3.05, 3.63) is 130 Å². The number of para-hydroxylation sites is 6. The molecule has 2 heterocycles. The molecule has 12 nitrogen and oxygen atoms in total. The molecule has 0 fully saturated rings. The van der Waals surface area contributed by atoms with Gasteiger partial charge in [0.25, 0.3) is 0 Å². The van der Waals surface area contributed by atoms with Crippen LogP contribution < -0.4 is 32.4 Å². The molecule has 0 amide bonds. The SMILES string of the molecule is O=C([O-])C(=O)[O-].O=c1oc2ccccc2n1CNc1ccccc1.O=c1oc2ccccc2n1CNc1ccccc1.[Ni+2]. The molecule has 0 atom stereocenters. The molecular formula is C30H24N4NiO8. The molecule has 0 saturated carbocycles. The molecule has 0 aliphatic heterocycles. The average molecular weight is 627 g/mol. The fraction of sp³-hybridized carbons (Fsp3) is 0.0667. The fourth-order valence-corrected chi connectivity index (χ4v) is 3.78. The van der Waals surface area contributed by atoms with E-state index in [1.807, 2.05) is 97.1 Å². The molecule has 222 valence electrons. The summed E-state index contributed by atoms with van der Waals surface area (Å²) in [6.07, 6.45) is 0. The van der Waals surface area contributed by atoms with Gasteiger partial charge in [-0.15, -0.1) is 0 Å². The van der Waals surface area contributed by atoms with Gasteiger partial charge in [-0.25, -0.2) is 9.59 Å². The Labute approximate surface area is 253 Å². The van der Waals surface area contributed by atoms with E-state index >= 15 is 0 Å². The van der Waals surface area contributed by atoms with Crippen LogP contribution in [0.4, 0.5) is 11.4 Å². The second-order valence-electron chi connectivity index (χ2n) is 8.50. The van der Waals surface area contributed by atoms with Crippen molar-refractivity contribution in [2.75, 3.05) is 10.6 Å². The molecule has 6 aromatic rings. The number of aromatic nitrogens is 2. The van der Waals surface area contributed by atoms with Crippen LogP contribution in [0.1, 0.15) is 0 Å². The van der Waals surface area contributed by atoms with Crippen LogP contribution in [0, 0.1) is 0 Å². The maximum absolute atomic E-state index is 11.7. The summed E-state index contributed by atoms with van der Waals surface area (Å²) >= 11 is 0. The quantitative estimate of drug-likeness (QED) is 0.205. The number of aliphatic carboxylic acids is 2. The first-order valence-corrected chi connectivity index (χ1v) is 12.5. The molecule has 4 aromatic carbocycles. The largest absolute Gasteiger partial charge is 2.00 e. The molecule has 0 aliphatic rings. The van der Waals surface area contributed by atoms with Crippen molar-refractivity contribution in [1.29, 1.82) is 0 Å². The number of carbonyl (C=O) groups is 2. The van der Waals surface area contributed by atoms with Crippen molar-refractivity contribution in [2.45, 2.75) is 13.3 Å². The summed E-state index contributed by atoms with van der Waals surface area (Å²) in [4.78, 5) is 41.3. The first-order valence-electron chi connectivity index (χ1n) is 12.5. The molecule has 2 N–H and O–H groups in total. The summed E-state index contributed by atoms with van der Waals surface area (Å²) in [5.41, 5.74) is 4.75. The Morgan fingerprint density at radius 2 is 0.884 bits per heavy atom. The van der Waals surface area contributed by atoms with Crippen LogP contribution in [0.5, 0.6) is 0 Å². The Kier molecular flexibility index (Phi) is 11.5. The van der Waals surface area contributed by atoms with Crippen LogP contribution in [0.25, 0.3) is 22.2 Å².